The van der Waals surface area contributed by atoms with E-state index in [-0.39, 0.29) is 11.9 Å². The number of rotatable bonds is 5. The third-order valence-corrected chi connectivity index (χ3v) is 3.39. The van der Waals surface area contributed by atoms with Crippen LogP contribution in [0, 0.1) is 11.7 Å². The highest BCUT2D eigenvalue weighted by Gasteiger charge is 2.18. The molecule has 0 radical (unpaired) electrons. The van der Waals surface area contributed by atoms with Gasteiger partial charge >= 0.3 is 0 Å². The summed E-state index contributed by atoms with van der Waals surface area (Å²) in [5.74, 6) is 6.45. The normalized spacial score (nSPS) is 14.9. The molecule has 18 heavy (non-hydrogen) atoms. The van der Waals surface area contributed by atoms with Crippen molar-refractivity contribution in [2.75, 3.05) is 0 Å². The molecule has 0 saturated heterocycles. The van der Waals surface area contributed by atoms with Crippen LogP contribution < -0.4 is 11.3 Å². The molecule has 3 N–H and O–H groups in total. The summed E-state index contributed by atoms with van der Waals surface area (Å²) in [6, 6.07) is 6.69. The monoisotopic (exact) mass is 250 g/mol. The average Bonchev–Trinajstić information content (AvgIpc) is 2.80. The molecule has 0 aliphatic rings. The van der Waals surface area contributed by atoms with Gasteiger partial charge in [-0.2, -0.15) is 0 Å². The third kappa shape index (κ3) is 2.54. The predicted molar refractivity (Wildman–Crippen MR) is 70.3 cm³/mol. The van der Waals surface area contributed by atoms with E-state index in [0.717, 1.165) is 18.2 Å². The highest BCUT2D eigenvalue weighted by molar-refractivity contribution is 5.78. The van der Waals surface area contributed by atoms with E-state index in [4.69, 9.17) is 10.3 Å². The molecule has 1 aromatic carbocycles. The number of nitrogens with one attached hydrogen (secondary N) is 1. The van der Waals surface area contributed by atoms with Crippen molar-refractivity contribution in [3.63, 3.8) is 0 Å². The van der Waals surface area contributed by atoms with Crippen LogP contribution in [0.5, 0.6) is 0 Å². The Labute approximate surface area is 106 Å². The average molecular weight is 250 g/mol. The maximum absolute atomic E-state index is 13.6. The van der Waals surface area contributed by atoms with Gasteiger partial charge in [-0.25, -0.2) is 9.82 Å². The maximum Gasteiger partial charge on any atom is 0.169 e. The Morgan fingerprint density at radius 1 is 1.44 bits per heavy atom. The SMILES string of the molecule is CCC(C)CC(NN)c1cc2cccc(F)c2o1. The molecule has 0 amide bonds. The van der Waals surface area contributed by atoms with E-state index in [1.54, 1.807) is 6.07 Å². The topological polar surface area (TPSA) is 51.2 Å². The summed E-state index contributed by atoms with van der Waals surface area (Å²) in [7, 11) is 0. The Hall–Kier alpha value is -1.39. The Bertz CT molecular complexity index is 523. The molecule has 1 aromatic heterocycles. The minimum atomic E-state index is -0.335. The predicted octanol–water partition coefficient (Wildman–Crippen LogP) is 3.51. The van der Waals surface area contributed by atoms with Crippen molar-refractivity contribution in [2.24, 2.45) is 11.8 Å². The summed E-state index contributed by atoms with van der Waals surface area (Å²) in [5, 5.41) is 0.773. The summed E-state index contributed by atoms with van der Waals surface area (Å²) in [6.07, 6.45) is 1.95. The highest BCUT2D eigenvalue weighted by atomic mass is 19.1. The first kappa shape index (κ1) is 13.1. The Morgan fingerprint density at radius 3 is 2.83 bits per heavy atom. The number of fused-ring (bicyclic) bond motifs is 1. The molecule has 0 aliphatic heterocycles. The molecule has 1 heterocycles. The van der Waals surface area contributed by atoms with Gasteiger partial charge < -0.3 is 4.42 Å². The van der Waals surface area contributed by atoms with Gasteiger partial charge in [0.1, 0.15) is 5.76 Å². The van der Waals surface area contributed by atoms with E-state index in [1.165, 1.54) is 6.07 Å². The first-order chi connectivity index (χ1) is 8.65. The van der Waals surface area contributed by atoms with Crippen molar-refractivity contribution in [2.45, 2.75) is 32.7 Å². The number of hydrogen-bond acceptors (Lipinski definition) is 3. The summed E-state index contributed by atoms with van der Waals surface area (Å²) in [6.45, 7) is 4.30. The van der Waals surface area contributed by atoms with Gasteiger partial charge in [-0.15, -0.1) is 0 Å². The number of furan rings is 1. The molecular formula is C14H19FN2O. The molecule has 2 unspecified atom stereocenters. The van der Waals surface area contributed by atoms with Crippen molar-refractivity contribution in [3.8, 4) is 0 Å². The molecule has 0 saturated carbocycles. The Balaban J connectivity index is 2.31. The minimum Gasteiger partial charge on any atom is -0.456 e. The second kappa shape index (κ2) is 5.50. The van der Waals surface area contributed by atoms with Crippen molar-refractivity contribution >= 4 is 11.0 Å². The molecule has 2 atom stereocenters. The van der Waals surface area contributed by atoms with E-state index < -0.39 is 0 Å². The lowest BCUT2D eigenvalue weighted by atomic mass is 9.98. The van der Waals surface area contributed by atoms with Crippen LogP contribution in [0.1, 0.15) is 38.5 Å². The standard InChI is InChI=1S/C14H19FN2O/c1-3-9(2)7-12(17-16)13-8-10-5-4-6-11(15)14(10)18-13/h4-6,8-9,12,17H,3,7,16H2,1-2H3. The quantitative estimate of drug-likeness (QED) is 0.630. The fourth-order valence-corrected chi connectivity index (χ4v) is 2.05. The lowest BCUT2D eigenvalue weighted by Gasteiger charge is -2.17. The number of para-hydroxylation sites is 1. The van der Waals surface area contributed by atoms with Gasteiger partial charge in [-0.05, 0) is 24.5 Å². The fraction of sp³-hybridized carbons (Fsp3) is 0.429. The van der Waals surface area contributed by atoms with Gasteiger partial charge in [-0.1, -0.05) is 32.4 Å². The Morgan fingerprint density at radius 2 is 2.22 bits per heavy atom. The number of benzene rings is 1. The fourth-order valence-electron chi connectivity index (χ4n) is 2.05. The molecule has 2 rings (SSSR count). The second-order valence-corrected chi connectivity index (χ2v) is 4.78. The molecule has 0 aliphatic carbocycles. The zero-order valence-electron chi connectivity index (χ0n) is 10.7. The summed E-state index contributed by atoms with van der Waals surface area (Å²) in [4.78, 5) is 0. The first-order valence-corrected chi connectivity index (χ1v) is 6.29. The van der Waals surface area contributed by atoms with Crippen molar-refractivity contribution < 1.29 is 8.81 Å². The van der Waals surface area contributed by atoms with Crippen LogP contribution in [0.25, 0.3) is 11.0 Å². The molecule has 0 bridgehead atoms. The summed E-state index contributed by atoms with van der Waals surface area (Å²) < 4.78 is 19.1. The van der Waals surface area contributed by atoms with Gasteiger partial charge in [-0.3, -0.25) is 5.84 Å². The van der Waals surface area contributed by atoms with Crippen LogP contribution in [0.2, 0.25) is 0 Å². The zero-order chi connectivity index (χ0) is 13.1. The maximum atomic E-state index is 13.6. The number of halogens is 1. The van der Waals surface area contributed by atoms with Crippen molar-refractivity contribution in [1.29, 1.82) is 0 Å². The molecule has 0 spiro atoms. The van der Waals surface area contributed by atoms with E-state index >= 15 is 0 Å². The zero-order valence-corrected chi connectivity index (χ0v) is 10.7. The van der Waals surface area contributed by atoms with E-state index in [2.05, 4.69) is 19.3 Å². The van der Waals surface area contributed by atoms with Crippen LogP contribution in [0.3, 0.4) is 0 Å². The molecule has 2 aromatic rings. The third-order valence-electron chi connectivity index (χ3n) is 3.39. The molecular weight excluding hydrogens is 231 g/mol. The van der Waals surface area contributed by atoms with Gasteiger partial charge in [0.05, 0.1) is 6.04 Å². The van der Waals surface area contributed by atoms with Crippen molar-refractivity contribution in [1.82, 2.24) is 5.43 Å². The number of hydrazine groups is 1. The van der Waals surface area contributed by atoms with Gasteiger partial charge in [0.2, 0.25) is 0 Å². The minimum absolute atomic E-state index is 0.0771. The van der Waals surface area contributed by atoms with E-state index in [9.17, 15) is 4.39 Å². The molecule has 98 valence electrons. The lowest BCUT2D eigenvalue weighted by molar-refractivity contribution is 0.356. The first-order valence-electron chi connectivity index (χ1n) is 6.29. The van der Waals surface area contributed by atoms with Crippen LogP contribution in [0.15, 0.2) is 28.7 Å². The summed E-state index contributed by atoms with van der Waals surface area (Å²) >= 11 is 0. The van der Waals surface area contributed by atoms with Crippen molar-refractivity contribution in [3.05, 3.63) is 35.8 Å². The summed E-state index contributed by atoms with van der Waals surface area (Å²) in [5.41, 5.74) is 3.05. The molecule has 3 nitrogen and oxygen atoms in total. The van der Waals surface area contributed by atoms with Gasteiger partial charge in [0.25, 0.3) is 0 Å². The molecule has 0 fully saturated rings. The lowest BCUT2D eigenvalue weighted by Crippen LogP contribution is -2.29. The largest absolute Gasteiger partial charge is 0.456 e. The highest BCUT2D eigenvalue weighted by Crippen LogP contribution is 2.29. The van der Waals surface area contributed by atoms with E-state index in [1.807, 2.05) is 12.1 Å². The van der Waals surface area contributed by atoms with Crippen LogP contribution in [-0.4, -0.2) is 0 Å². The van der Waals surface area contributed by atoms with Crippen LogP contribution >= 0.6 is 0 Å². The van der Waals surface area contributed by atoms with Crippen LogP contribution in [0.4, 0.5) is 4.39 Å². The van der Waals surface area contributed by atoms with E-state index in [0.29, 0.717) is 17.3 Å². The second-order valence-electron chi connectivity index (χ2n) is 4.78. The smallest absolute Gasteiger partial charge is 0.169 e. The van der Waals surface area contributed by atoms with Crippen LogP contribution in [-0.2, 0) is 0 Å². The van der Waals surface area contributed by atoms with Gasteiger partial charge in [0.15, 0.2) is 11.4 Å². The Kier molecular flexibility index (Phi) is 3.99. The van der Waals surface area contributed by atoms with Gasteiger partial charge in [0, 0.05) is 5.39 Å². The molecule has 4 heteroatoms. The number of hydrogen-bond donors (Lipinski definition) is 2. The number of nitrogens with two attached hydrogens (primary N) is 1.